The number of ether oxygens (including phenoxy) is 1. The van der Waals surface area contributed by atoms with Gasteiger partial charge < -0.3 is 14.5 Å². The van der Waals surface area contributed by atoms with E-state index >= 15 is 0 Å². The standard InChI is InChI=1S/C20H24N4O/c1-25-18-8-3-2-7-16(18)20-17(15-23-12-6-10-21-11-14-23)24-13-5-4-9-19(24)22-20/h2-5,7-9,13,21H,6,10-12,14-15H2,1H3. The van der Waals surface area contributed by atoms with Gasteiger partial charge in [-0.15, -0.1) is 0 Å². The fraction of sp³-hybridized carbons (Fsp3) is 0.350. The molecule has 0 amide bonds. The highest BCUT2D eigenvalue weighted by Gasteiger charge is 2.19. The molecule has 1 fully saturated rings. The predicted octanol–water partition coefficient (Wildman–Crippen LogP) is 2.81. The first-order valence-electron chi connectivity index (χ1n) is 8.89. The zero-order chi connectivity index (χ0) is 17.1. The van der Waals surface area contributed by atoms with Gasteiger partial charge in [0.2, 0.25) is 0 Å². The summed E-state index contributed by atoms with van der Waals surface area (Å²) in [7, 11) is 1.72. The van der Waals surface area contributed by atoms with E-state index in [-0.39, 0.29) is 0 Å². The number of para-hydroxylation sites is 1. The lowest BCUT2D eigenvalue weighted by atomic mass is 10.1. The summed E-state index contributed by atoms with van der Waals surface area (Å²) in [5.41, 5.74) is 4.27. The number of imidazole rings is 1. The zero-order valence-corrected chi connectivity index (χ0v) is 14.6. The number of nitrogens with one attached hydrogen (secondary N) is 1. The van der Waals surface area contributed by atoms with E-state index in [9.17, 15) is 0 Å². The van der Waals surface area contributed by atoms with Gasteiger partial charge in [-0.25, -0.2) is 4.98 Å². The summed E-state index contributed by atoms with van der Waals surface area (Å²) in [6.07, 6.45) is 3.29. The normalized spacial score (nSPS) is 16.0. The number of pyridine rings is 1. The molecule has 0 spiro atoms. The Bertz CT molecular complexity index is 850. The Morgan fingerprint density at radius 1 is 1.08 bits per heavy atom. The number of hydrogen-bond donors (Lipinski definition) is 1. The van der Waals surface area contributed by atoms with Gasteiger partial charge in [0.05, 0.1) is 18.5 Å². The van der Waals surface area contributed by atoms with Gasteiger partial charge in [0.15, 0.2) is 0 Å². The van der Waals surface area contributed by atoms with Gasteiger partial charge in [-0.1, -0.05) is 18.2 Å². The van der Waals surface area contributed by atoms with Gasteiger partial charge in [0, 0.05) is 31.4 Å². The van der Waals surface area contributed by atoms with Crippen molar-refractivity contribution in [2.45, 2.75) is 13.0 Å². The summed E-state index contributed by atoms with van der Waals surface area (Å²) in [5, 5.41) is 3.47. The number of nitrogens with zero attached hydrogens (tertiary/aromatic N) is 3. The molecule has 0 aliphatic carbocycles. The SMILES string of the molecule is COc1ccccc1-c1nc2ccccn2c1CN1CCCNCC1. The van der Waals surface area contributed by atoms with Crippen LogP contribution in [0.1, 0.15) is 12.1 Å². The summed E-state index contributed by atoms with van der Waals surface area (Å²) in [6.45, 7) is 5.20. The lowest BCUT2D eigenvalue weighted by Gasteiger charge is -2.20. The van der Waals surface area contributed by atoms with E-state index in [1.807, 2.05) is 24.3 Å². The van der Waals surface area contributed by atoms with Crippen molar-refractivity contribution in [2.75, 3.05) is 33.3 Å². The zero-order valence-electron chi connectivity index (χ0n) is 14.6. The van der Waals surface area contributed by atoms with Crippen LogP contribution in [0.2, 0.25) is 0 Å². The fourth-order valence-electron chi connectivity index (χ4n) is 3.53. The molecule has 0 unspecified atom stereocenters. The monoisotopic (exact) mass is 336 g/mol. The smallest absolute Gasteiger partial charge is 0.137 e. The molecular formula is C20H24N4O. The van der Waals surface area contributed by atoms with Crippen LogP contribution in [0.4, 0.5) is 0 Å². The molecule has 4 rings (SSSR count). The maximum absolute atomic E-state index is 5.59. The maximum Gasteiger partial charge on any atom is 0.137 e. The number of methoxy groups -OCH3 is 1. The number of hydrogen-bond acceptors (Lipinski definition) is 4. The van der Waals surface area contributed by atoms with Crippen molar-refractivity contribution >= 4 is 5.65 Å². The summed E-state index contributed by atoms with van der Waals surface area (Å²) < 4.78 is 7.80. The molecule has 3 heterocycles. The molecule has 2 aromatic heterocycles. The van der Waals surface area contributed by atoms with Gasteiger partial charge in [0.25, 0.3) is 0 Å². The predicted molar refractivity (Wildman–Crippen MR) is 99.9 cm³/mol. The quantitative estimate of drug-likeness (QED) is 0.795. The van der Waals surface area contributed by atoms with Gasteiger partial charge in [0.1, 0.15) is 11.4 Å². The van der Waals surface area contributed by atoms with Crippen LogP contribution in [-0.4, -0.2) is 47.6 Å². The van der Waals surface area contributed by atoms with E-state index in [0.717, 1.165) is 55.4 Å². The van der Waals surface area contributed by atoms with Crippen LogP contribution in [0.3, 0.4) is 0 Å². The molecule has 1 aromatic carbocycles. The summed E-state index contributed by atoms with van der Waals surface area (Å²) >= 11 is 0. The van der Waals surface area contributed by atoms with Crippen molar-refractivity contribution in [1.29, 1.82) is 0 Å². The van der Waals surface area contributed by atoms with Crippen molar-refractivity contribution in [2.24, 2.45) is 0 Å². The van der Waals surface area contributed by atoms with Crippen molar-refractivity contribution in [3.05, 3.63) is 54.4 Å². The number of benzene rings is 1. The molecule has 130 valence electrons. The summed E-state index contributed by atoms with van der Waals surface area (Å²) in [5.74, 6) is 0.865. The van der Waals surface area contributed by atoms with Gasteiger partial charge in [-0.3, -0.25) is 4.90 Å². The topological polar surface area (TPSA) is 41.8 Å². The van der Waals surface area contributed by atoms with E-state index in [1.54, 1.807) is 7.11 Å². The molecule has 0 saturated carbocycles. The van der Waals surface area contributed by atoms with E-state index in [0.29, 0.717) is 0 Å². The second kappa shape index (κ2) is 7.25. The Labute approximate surface area is 148 Å². The van der Waals surface area contributed by atoms with Crippen molar-refractivity contribution in [3.8, 4) is 17.0 Å². The van der Waals surface area contributed by atoms with Crippen LogP contribution in [0.5, 0.6) is 5.75 Å². The maximum atomic E-state index is 5.59. The van der Waals surface area contributed by atoms with Crippen LogP contribution < -0.4 is 10.1 Å². The first kappa shape index (κ1) is 16.1. The van der Waals surface area contributed by atoms with Gasteiger partial charge in [-0.2, -0.15) is 0 Å². The number of aromatic nitrogens is 2. The lowest BCUT2D eigenvalue weighted by Crippen LogP contribution is -2.28. The van der Waals surface area contributed by atoms with Crippen molar-refractivity contribution in [1.82, 2.24) is 19.6 Å². The summed E-state index contributed by atoms with van der Waals surface area (Å²) in [4.78, 5) is 7.43. The van der Waals surface area contributed by atoms with Crippen molar-refractivity contribution < 1.29 is 4.74 Å². The molecule has 1 saturated heterocycles. The fourth-order valence-corrected chi connectivity index (χ4v) is 3.53. The van der Waals surface area contributed by atoms with Gasteiger partial charge >= 0.3 is 0 Å². The third-order valence-corrected chi connectivity index (χ3v) is 4.80. The Hall–Kier alpha value is -2.37. The molecule has 3 aromatic rings. The van der Waals surface area contributed by atoms with Crippen LogP contribution in [0.15, 0.2) is 48.7 Å². The molecule has 1 aliphatic heterocycles. The highest BCUT2D eigenvalue weighted by Crippen LogP contribution is 2.32. The number of fused-ring (bicyclic) bond motifs is 1. The average Bonchev–Trinajstić information content (AvgIpc) is 2.82. The number of rotatable bonds is 4. The lowest BCUT2D eigenvalue weighted by molar-refractivity contribution is 0.280. The second-order valence-electron chi connectivity index (χ2n) is 6.42. The molecule has 25 heavy (non-hydrogen) atoms. The van der Waals surface area contributed by atoms with E-state index < -0.39 is 0 Å². The molecule has 1 N–H and O–H groups in total. The molecule has 0 radical (unpaired) electrons. The van der Waals surface area contributed by atoms with Crippen LogP contribution >= 0.6 is 0 Å². The minimum atomic E-state index is 0.865. The third-order valence-electron chi connectivity index (χ3n) is 4.80. The molecule has 0 bridgehead atoms. The van der Waals surface area contributed by atoms with E-state index in [2.05, 4.69) is 39.0 Å². The van der Waals surface area contributed by atoms with Crippen LogP contribution in [0.25, 0.3) is 16.9 Å². The Morgan fingerprint density at radius 2 is 1.96 bits per heavy atom. The second-order valence-corrected chi connectivity index (χ2v) is 6.42. The Morgan fingerprint density at radius 3 is 2.88 bits per heavy atom. The average molecular weight is 336 g/mol. The minimum absolute atomic E-state index is 0.865. The van der Waals surface area contributed by atoms with Crippen LogP contribution in [-0.2, 0) is 6.54 Å². The molecule has 5 nitrogen and oxygen atoms in total. The Kier molecular flexibility index (Phi) is 4.68. The minimum Gasteiger partial charge on any atom is -0.496 e. The largest absolute Gasteiger partial charge is 0.496 e. The first-order valence-corrected chi connectivity index (χ1v) is 8.89. The van der Waals surface area contributed by atoms with Crippen molar-refractivity contribution in [3.63, 3.8) is 0 Å². The van der Waals surface area contributed by atoms with Crippen LogP contribution in [0, 0.1) is 0 Å². The third kappa shape index (κ3) is 3.25. The summed E-state index contributed by atoms with van der Waals surface area (Å²) in [6, 6.07) is 14.3. The Balaban J connectivity index is 1.80. The molecule has 5 heteroatoms. The first-order chi connectivity index (χ1) is 12.4. The van der Waals surface area contributed by atoms with Gasteiger partial charge in [-0.05, 0) is 43.8 Å². The molecule has 0 atom stereocenters. The van der Waals surface area contributed by atoms with E-state index in [1.165, 1.54) is 12.1 Å². The van der Waals surface area contributed by atoms with E-state index in [4.69, 9.17) is 9.72 Å². The highest BCUT2D eigenvalue weighted by molar-refractivity contribution is 5.72. The molecule has 1 aliphatic rings. The molecular weight excluding hydrogens is 312 g/mol. The highest BCUT2D eigenvalue weighted by atomic mass is 16.5.